The first-order valence-electron chi connectivity index (χ1n) is 9.24. The summed E-state index contributed by atoms with van der Waals surface area (Å²) < 4.78 is 0. The summed E-state index contributed by atoms with van der Waals surface area (Å²) in [6, 6.07) is 0. The standard InChI is InChI=1S/C21H30/c1-4-15-14-20(2)12-7-9-18(20)17-11-10-16-8-5-6-13-21(16,3)19(15)17/h1,10,15,17-19H,5-9,11-14H2,2-3H3/t15-,17+,18+,19+,20+,21+/m1/s1. The minimum atomic E-state index is 0.433. The molecule has 0 aromatic rings. The maximum absolute atomic E-state index is 6.06. The molecule has 0 bridgehead atoms. The lowest BCUT2D eigenvalue weighted by molar-refractivity contribution is -0.0498. The van der Waals surface area contributed by atoms with Gasteiger partial charge in [-0.25, -0.2) is 0 Å². The Morgan fingerprint density at radius 3 is 2.86 bits per heavy atom. The topological polar surface area (TPSA) is 0 Å². The Bertz CT molecular complexity index is 507. The Labute approximate surface area is 130 Å². The van der Waals surface area contributed by atoms with Crippen LogP contribution in [0.1, 0.15) is 71.6 Å². The molecule has 4 aliphatic rings. The van der Waals surface area contributed by atoms with Crippen LogP contribution in [-0.4, -0.2) is 0 Å². The summed E-state index contributed by atoms with van der Waals surface area (Å²) in [5.74, 6) is 6.40. The predicted molar refractivity (Wildman–Crippen MR) is 88.6 cm³/mol. The number of fused-ring (bicyclic) bond motifs is 5. The largest absolute Gasteiger partial charge is 0.120 e. The van der Waals surface area contributed by atoms with Crippen molar-refractivity contribution >= 4 is 0 Å². The first-order chi connectivity index (χ1) is 10.1. The van der Waals surface area contributed by atoms with E-state index < -0.39 is 0 Å². The molecule has 0 unspecified atom stereocenters. The molecule has 0 saturated heterocycles. The quantitative estimate of drug-likeness (QED) is 0.401. The number of rotatable bonds is 0. The van der Waals surface area contributed by atoms with E-state index >= 15 is 0 Å². The van der Waals surface area contributed by atoms with Crippen molar-refractivity contribution in [2.45, 2.75) is 71.6 Å². The van der Waals surface area contributed by atoms with Crippen molar-refractivity contribution < 1.29 is 0 Å². The van der Waals surface area contributed by atoms with Gasteiger partial charge in [0.1, 0.15) is 0 Å². The van der Waals surface area contributed by atoms with E-state index in [2.05, 4.69) is 25.8 Å². The summed E-state index contributed by atoms with van der Waals surface area (Å²) in [6.45, 7) is 5.12. The van der Waals surface area contributed by atoms with Crippen molar-refractivity contribution in [1.29, 1.82) is 0 Å². The molecule has 0 heterocycles. The predicted octanol–water partition coefficient (Wildman–Crippen LogP) is 5.59. The molecule has 0 nitrogen and oxygen atoms in total. The smallest absolute Gasteiger partial charge is 0.0244 e. The van der Waals surface area contributed by atoms with Crippen LogP contribution >= 0.6 is 0 Å². The molecule has 3 saturated carbocycles. The molecular formula is C21H30. The number of terminal acetylenes is 1. The summed E-state index contributed by atoms with van der Waals surface area (Å²) in [7, 11) is 0. The van der Waals surface area contributed by atoms with Crippen molar-refractivity contribution in [2.24, 2.45) is 34.5 Å². The molecule has 0 amide bonds. The average Bonchev–Trinajstić information content (AvgIpc) is 2.87. The molecule has 6 atom stereocenters. The van der Waals surface area contributed by atoms with E-state index in [9.17, 15) is 0 Å². The van der Waals surface area contributed by atoms with Gasteiger partial charge in [0.05, 0.1) is 0 Å². The highest BCUT2D eigenvalue weighted by Crippen LogP contribution is 2.66. The monoisotopic (exact) mass is 282 g/mol. The van der Waals surface area contributed by atoms with Gasteiger partial charge < -0.3 is 0 Å². The molecule has 0 aromatic carbocycles. The van der Waals surface area contributed by atoms with Crippen LogP contribution in [0.25, 0.3) is 0 Å². The highest BCUT2D eigenvalue weighted by atomic mass is 14.6. The molecule has 21 heavy (non-hydrogen) atoms. The molecule has 0 radical (unpaired) electrons. The number of allylic oxidation sites excluding steroid dienone is 2. The van der Waals surface area contributed by atoms with Gasteiger partial charge in [0.2, 0.25) is 0 Å². The highest BCUT2D eigenvalue weighted by Gasteiger charge is 2.58. The van der Waals surface area contributed by atoms with Crippen molar-refractivity contribution in [3.05, 3.63) is 11.6 Å². The first-order valence-corrected chi connectivity index (χ1v) is 9.24. The van der Waals surface area contributed by atoms with Crippen LogP contribution in [0, 0.1) is 46.8 Å². The zero-order chi connectivity index (χ0) is 14.7. The molecule has 114 valence electrons. The summed E-state index contributed by atoms with van der Waals surface area (Å²) in [6.07, 6.45) is 21.2. The van der Waals surface area contributed by atoms with E-state index in [1.165, 1.54) is 57.8 Å². The molecule has 0 N–H and O–H groups in total. The van der Waals surface area contributed by atoms with E-state index in [1.807, 2.05) is 0 Å². The normalized spacial score (nSPS) is 52.1. The maximum atomic E-state index is 6.06. The van der Waals surface area contributed by atoms with Gasteiger partial charge in [0, 0.05) is 5.92 Å². The fourth-order valence-corrected chi connectivity index (χ4v) is 7.06. The van der Waals surface area contributed by atoms with E-state index in [4.69, 9.17) is 6.42 Å². The number of hydrogen-bond acceptors (Lipinski definition) is 0. The lowest BCUT2D eigenvalue weighted by atomic mass is 9.45. The van der Waals surface area contributed by atoms with Crippen molar-refractivity contribution in [2.75, 3.05) is 0 Å². The van der Waals surface area contributed by atoms with E-state index in [-0.39, 0.29) is 0 Å². The van der Waals surface area contributed by atoms with Crippen molar-refractivity contribution in [3.63, 3.8) is 0 Å². The summed E-state index contributed by atoms with van der Waals surface area (Å²) in [5, 5.41) is 0. The van der Waals surface area contributed by atoms with E-state index in [0.29, 0.717) is 16.7 Å². The third kappa shape index (κ3) is 1.82. The number of hydrogen-bond donors (Lipinski definition) is 0. The lowest BCUT2D eigenvalue weighted by Gasteiger charge is -2.59. The third-order valence-corrected chi connectivity index (χ3v) is 7.97. The summed E-state index contributed by atoms with van der Waals surface area (Å²) >= 11 is 0. The summed E-state index contributed by atoms with van der Waals surface area (Å²) in [5.41, 5.74) is 2.76. The zero-order valence-electron chi connectivity index (χ0n) is 13.8. The Balaban J connectivity index is 1.78. The lowest BCUT2D eigenvalue weighted by Crippen LogP contribution is -2.52. The average molecular weight is 282 g/mol. The fraction of sp³-hybridized carbons (Fsp3) is 0.810. The van der Waals surface area contributed by atoms with Gasteiger partial charge >= 0.3 is 0 Å². The second-order valence-electron chi connectivity index (χ2n) is 8.91. The molecule has 0 heteroatoms. The van der Waals surface area contributed by atoms with Crippen LogP contribution in [0.3, 0.4) is 0 Å². The van der Waals surface area contributed by atoms with Crippen LogP contribution in [0.15, 0.2) is 11.6 Å². The minimum Gasteiger partial charge on any atom is -0.120 e. The third-order valence-electron chi connectivity index (χ3n) is 7.97. The molecule has 3 fully saturated rings. The van der Waals surface area contributed by atoms with Gasteiger partial charge in [-0.05, 0) is 73.5 Å². The molecule has 4 rings (SSSR count). The fourth-order valence-electron chi connectivity index (χ4n) is 7.06. The van der Waals surface area contributed by atoms with Crippen LogP contribution in [0.2, 0.25) is 0 Å². The molecule has 0 aromatic heterocycles. The van der Waals surface area contributed by atoms with Gasteiger partial charge in [0.15, 0.2) is 0 Å². The second kappa shape index (κ2) is 4.65. The van der Waals surface area contributed by atoms with E-state index in [0.717, 1.165) is 17.8 Å². The van der Waals surface area contributed by atoms with Gasteiger partial charge in [-0.2, -0.15) is 0 Å². The maximum Gasteiger partial charge on any atom is 0.0244 e. The van der Waals surface area contributed by atoms with E-state index in [1.54, 1.807) is 5.57 Å². The molecule has 0 aliphatic heterocycles. The molecule has 4 aliphatic carbocycles. The Hall–Kier alpha value is -0.700. The Kier molecular flexibility index (Phi) is 3.08. The Morgan fingerprint density at radius 1 is 1.19 bits per heavy atom. The SMILES string of the molecule is C#C[C@@H]1C[C@]2(C)CCC[C@H]2[C@@H]2CC=C3CCCC[C@]3(C)[C@H]21. The molecular weight excluding hydrogens is 252 g/mol. The zero-order valence-corrected chi connectivity index (χ0v) is 13.8. The molecule has 0 spiro atoms. The van der Waals surface area contributed by atoms with Gasteiger partial charge in [0.25, 0.3) is 0 Å². The van der Waals surface area contributed by atoms with Crippen LogP contribution < -0.4 is 0 Å². The van der Waals surface area contributed by atoms with Crippen LogP contribution in [-0.2, 0) is 0 Å². The second-order valence-corrected chi connectivity index (χ2v) is 8.91. The van der Waals surface area contributed by atoms with Gasteiger partial charge in [-0.15, -0.1) is 12.3 Å². The Morgan fingerprint density at radius 2 is 2.05 bits per heavy atom. The van der Waals surface area contributed by atoms with Crippen LogP contribution in [0.4, 0.5) is 0 Å². The van der Waals surface area contributed by atoms with Gasteiger partial charge in [-0.3, -0.25) is 0 Å². The summed E-state index contributed by atoms with van der Waals surface area (Å²) in [4.78, 5) is 0. The van der Waals surface area contributed by atoms with Crippen LogP contribution in [0.5, 0.6) is 0 Å². The minimum absolute atomic E-state index is 0.433. The van der Waals surface area contributed by atoms with Crippen molar-refractivity contribution in [1.82, 2.24) is 0 Å². The first kappa shape index (κ1) is 13.9. The van der Waals surface area contributed by atoms with Crippen molar-refractivity contribution in [3.8, 4) is 12.3 Å². The van der Waals surface area contributed by atoms with Gasteiger partial charge in [-0.1, -0.05) is 38.3 Å². The highest BCUT2D eigenvalue weighted by molar-refractivity contribution is 5.27.